The highest BCUT2D eigenvalue weighted by Gasteiger charge is 2.13. The molecule has 0 N–H and O–H groups in total. The van der Waals surface area contributed by atoms with Crippen LogP contribution in [0.5, 0.6) is 0 Å². The summed E-state index contributed by atoms with van der Waals surface area (Å²) in [6, 6.07) is 6.39. The molecule has 0 amide bonds. The third-order valence-corrected chi connectivity index (χ3v) is 2.92. The van der Waals surface area contributed by atoms with Gasteiger partial charge in [0.2, 0.25) is 5.28 Å². The highest BCUT2D eigenvalue weighted by molar-refractivity contribution is 6.29. The number of imidazole rings is 1. The average Bonchev–Trinajstić information content (AvgIpc) is 2.52. The summed E-state index contributed by atoms with van der Waals surface area (Å²) >= 11 is 6.16. The summed E-state index contributed by atoms with van der Waals surface area (Å²) in [6.45, 7) is 10.1. The Kier molecular flexibility index (Phi) is 2.76. The molecule has 2 rings (SSSR count). The van der Waals surface area contributed by atoms with E-state index in [0.717, 1.165) is 22.2 Å². The van der Waals surface area contributed by atoms with Crippen LogP contribution in [0.15, 0.2) is 24.8 Å². The molecular formula is C13H15ClN2. The van der Waals surface area contributed by atoms with Crippen molar-refractivity contribution in [1.29, 1.82) is 0 Å². The number of halogens is 1. The first kappa shape index (κ1) is 11.2. The normalized spacial score (nSPS) is 11.3. The van der Waals surface area contributed by atoms with Crippen molar-refractivity contribution in [3.8, 4) is 0 Å². The van der Waals surface area contributed by atoms with E-state index < -0.39 is 0 Å². The molecule has 2 aromatic rings. The molecule has 0 aliphatic heterocycles. The molecule has 84 valence electrons. The van der Waals surface area contributed by atoms with Gasteiger partial charge in [0, 0.05) is 11.6 Å². The Balaban J connectivity index is 2.83. The lowest BCUT2D eigenvalue weighted by molar-refractivity contribution is 0.618. The molecule has 0 bridgehead atoms. The minimum Gasteiger partial charge on any atom is -0.312 e. The van der Waals surface area contributed by atoms with Crippen LogP contribution in [-0.4, -0.2) is 9.55 Å². The molecule has 0 saturated heterocycles. The number of hydrogen-bond donors (Lipinski definition) is 0. The van der Waals surface area contributed by atoms with Gasteiger partial charge in [-0.25, -0.2) is 4.98 Å². The van der Waals surface area contributed by atoms with Crippen molar-refractivity contribution >= 4 is 28.2 Å². The van der Waals surface area contributed by atoms with Crippen LogP contribution in [0.4, 0.5) is 0 Å². The summed E-state index contributed by atoms with van der Waals surface area (Å²) in [5.41, 5.74) is 4.09. The lowest BCUT2D eigenvalue weighted by Crippen LogP contribution is -2.00. The van der Waals surface area contributed by atoms with Gasteiger partial charge in [0.05, 0.1) is 11.0 Å². The molecular weight excluding hydrogens is 220 g/mol. The monoisotopic (exact) mass is 234 g/mol. The van der Waals surface area contributed by atoms with Gasteiger partial charge in [0.1, 0.15) is 0 Å². The Morgan fingerprint density at radius 1 is 1.44 bits per heavy atom. The van der Waals surface area contributed by atoms with Gasteiger partial charge in [0.15, 0.2) is 0 Å². The van der Waals surface area contributed by atoms with Gasteiger partial charge in [-0.2, -0.15) is 0 Å². The Bertz CT molecular complexity index is 552. The van der Waals surface area contributed by atoms with Gasteiger partial charge >= 0.3 is 0 Å². The largest absolute Gasteiger partial charge is 0.312 e. The average molecular weight is 235 g/mol. The highest BCUT2D eigenvalue weighted by Crippen LogP contribution is 2.28. The van der Waals surface area contributed by atoms with Crippen molar-refractivity contribution in [3.05, 3.63) is 35.6 Å². The van der Waals surface area contributed by atoms with Crippen molar-refractivity contribution in [1.82, 2.24) is 9.55 Å². The number of para-hydroxylation sites is 1. The smallest absolute Gasteiger partial charge is 0.204 e. The number of benzene rings is 1. The molecule has 0 spiro atoms. The van der Waals surface area contributed by atoms with E-state index in [-0.39, 0.29) is 0 Å². The molecule has 16 heavy (non-hydrogen) atoms. The number of fused-ring (bicyclic) bond motifs is 1. The van der Waals surface area contributed by atoms with Crippen molar-refractivity contribution in [3.63, 3.8) is 0 Å². The first-order valence-electron chi connectivity index (χ1n) is 5.34. The quantitative estimate of drug-likeness (QED) is 0.758. The summed E-state index contributed by atoms with van der Waals surface area (Å²) in [4.78, 5) is 4.42. The van der Waals surface area contributed by atoms with E-state index in [0.29, 0.717) is 11.3 Å². The fraction of sp³-hybridized carbons (Fsp3) is 0.308. The van der Waals surface area contributed by atoms with Crippen LogP contribution >= 0.6 is 11.6 Å². The number of aromatic nitrogens is 2. The maximum atomic E-state index is 6.16. The second-order valence-electron chi connectivity index (χ2n) is 4.30. The molecule has 0 aliphatic rings. The Morgan fingerprint density at radius 3 is 2.69 bits per heavy atom. The van der Waals surface area contributed by atoms with Gasteiger partial charge in [-0.1, -0.05) is 18.7 Å². The van der Waals surface area contributed by atoms with E-state index in [4.69, 9.17) is 11.6 Å². The summed E-state index contributed by atoms with van der Waals surface area (Å²) in [6.07, 6.45) is 0. The molecule has 0 atom stereocenters. The number of hydrogen-bond acceptors (Lipinski definition) is 1. The molecule has 2 nitrogen and oxygen atoms in total. The van der Waals surface area contributed by atoms with Crippen molar-refractivity contribution in [2.24, 2.45) is 0 Å². The van der Waals surface area contributed by atoms with E-state index in [1.54, 1.807) is 0 Å². The fourth-order valence-corrected chi connectivity index (χ4v) is 2.30. The first-order valence-corrected chi connectivity index (χ1v) is 5.72. The summed E-state index contributed by atoms with van der Waals surface area (Å²) in [5.74, 6) is 0. The lowest BCUT2D eigenvalue weighted by Gasteiger charge is -2.09. The van der Waals surface area contributed by atoms with Crippen LogP contribution in [0.1, 0.15) is 32.4 Å². The Hall–Kier alpha value is -1.28. The zero-order valence-corrected chi connectivity index (χ0v) is 10.5. The van der Waals surface area contributed by atoms with Crippen LogP contribution in [0, 0.1) is 0 Å². The summed E-state index contributed by atoms with van der Waals surface area (Å²) < 4.78 is 2.03. The van der Waals surface area contributed by atoms with Crippen molar-refractivity contribution in [2.75, 3.05) is 0 Å². The van der Waals surface area contributed by atoms with Gasteiger partial charge < -0.3 is 4.57 Å². The lowest BCUT2D eigenvalue weighted by atomic mass is 10.1. The van der Waals surface area contributed by atoms with Crippen LogP contribution in [0.3, 0.4) is 0 Å². The molecule has 0 radical (unpaired) electrons. The standard InChI is InChI=1S/C13H15ClN2/c1-8(2)10-6-5-7-11-12(10)15-13(14)16(11)9(3)4/h5-7,9H,1H2,2-4H3. The zero-order valence-electron chi connectivity index (χ0n) is 9.79. The van der Waals surface area contributed by atoms with E-state index in [1.165, 1.54) is 0 Å². The fourth-order valence-electron chi connectivity index (χ4n) is 1.92. The molecule has 1 aromatic heterocycles. The predicted octanol–water partition coefficient (Wildman–Crippen LogP) is 4.30. The van der Waals surface area contributed by atoms with Crippen LogP contribution in [0.25, 0.3) is 16.6 Å². The van der Waals surface area contributed by atoms with E-state index in [1.807, 2.05) is 29.7 Å². The summed E-state index contributed by atoms with van der Waals surface area (Å²) in [7, 11) is 0. The minimum atomic E-state index is 0.304. The number of allylic oxidation sites excluding steroid dienone is 1. The topological polar surface area (TPSA) is 17.8 Å². The van der Waals surface area contributed by atoms with Crippen LogP contribution in [-0.2, 0) is 0 Å². The van der Waals surface area contributed by atoms with E-state index >= 15 is 0 Å². The molecule has 0 saturated carbocycles. The minimum absolute atomic E-state index is 0.304. The zero-order chi connectivity index (χ0) is 11.9. The third-order valence-electron chi connectivity index (χ3n) is 2.65. The van der Waals surface area contributed by atoms with Crippen molar-refractivity contribution < 1.29 is 0 Å². The maximum absolute atomic E-state index is 6.16. The number of nitrogens with zero attached hydrogens (tertiary/aromatic N) is 2. The van der Waals surface area contributed by atoms with Gasteiger partial charge in [-0.3, -0.25) is 0 Å². The van der Waals surface area contributed by atoms with Crippen LogP contribution in [0.2, 0.25) is 5.28 Å². The number of rotatable bonds is 2. The molecule has 0 unspecified atom stereocenters. The second kappa shape index (κ2) is 3.95. The van der Waals surface area contributed by atoms with E-state index in [9.17, 15) is 0 Å². The van der Waals surface area contributed by atoms with Gasteiger partial charge in [-0.15, -0.1) is 0 Å². The predicted molar refractivity (Wildman–Crippen MR) is 69.8 cm³/mol. The van der Waals surface area contributed by atoms with Gasteiger partial charge in [0.25, 0.3) is 0 Å². The Morgan fingerprint density at radius 2 is 2.12 bits per heavy atom. The van der Waals surface area contributed by atoms with Crippen molar-refractivity contribution in [2.45, 2.75) is 26.8 Å². The molecule has 1 heterocycles. The second-order valence-corrected chi connectivity index (χ2v) is 4.64. The highest BCUT2D eigenvalue weighted by atomic mass is 35.5. The maximum Gasteiger partial charge on any atom is 0.204 e. The van der Waals surface area contributed by atoms with Crippen LogP contribution < -0.4 is 0 Å². The third kappa shape index (κ3) is 1.63. The molecule has 0 aliphatic carbocycles. The van der Waals surface area contributed by atoms with Gasteiger partial charge in [-0.05, 0) is 44.0 Å². The summed E-state index contributed by atoms with van der Waals surface area (Å²) in [5, 5.41) is 0.540. The molecule has 0 fully saturated rings. The molecule has 3 heteroatoms. The van der Waals surface area contributed by atoms with E-state index in [2.05, 4.69) is 25.4 Å². The SMILES string of the molecule is C=C(C)c1cccc2c1nc(Cl)n2C(C)C. The molecule has 1 aromatic carbocycles. The first-order chi connectivity index (χ1) is 7.52. The Labute approximate surface area is 101 Å².